The van der Waals surface area contributed by atoms with E-state index in [1.807, 2.05) is 0 Å². The van der Waals surface area contributed by atoms with E-state index in [-0.39, 0.29) is 6.10 Å². The predicted octanol–water partition coefficient (Wildman–Crippen LogP) is 2.12. The summed E-state index contributed by atoms with van der Waals surface area (Å²) in [6.07, 6.45) is 7.73. The van der Waals surface area contributed by atoms with Crippen LogP contribution in [0.3, 0.4) is 0 Å². The van der Waals surface area contributed by atoms with E-state index in [1.165, 1.54) is 0 Å². The maximum absolute atomic E-state index is 6.33. The number of ether oxygens (including phenoxy) is 2. The van der Waals surface area contributed by atoms with Gasteiger partial charge in [0.25, 0.3) is 0 Å². The largest absolute Gasteiger partial charge is 0.488 e. The zero-order valence-corrected chi connectivity index (χ0v) is 13.9. The quantitative estimate of drug-likeness (QED) is 0.930. The summed E-state index contributed by atoms with van der Waals surface area (Å²) in [6, 6.07) is 4.52. The highest BCUT2D eigenvalue weighted by atomic mass is 16.5. The average Bonchev–Trinajstić information content (AvgIpc) is 2.64. The molecule has 0 bridgehead atoms. The van der Waals surface area contributed by atoms with Crippen molar-refractivity contribution in [3.8, 4) is 5.75 Å². The molecule has 2 aromatic rings. The lowest BCUT2D eigenvalue weighted by Crippen LogP contribution is -2.36. The Labute approximate surface area is 142 Å². The van der Waals surface area contributed by atoms with Gasteiger partial charge in [-0.25, -0.2) is 4.98 Å². The summed E-state index contributed by atoms with van der Waals surface area (Å²) in [5, 5.41) is 0. The molecule has 1 aromatic heterocycles. The fourth-order valence-corrected chi connectivity index (χ4v) is 3.51. The van der Waals surface area contributed by atoms with E-state index in [0.717, 1.165) is 74.5 Å². The highest BCUT2D eigenvalue weighted by molar-refractivity contribution is 5.85. The lowest BCUT2D eigenvalue weighted by molar-refractivity contribution is 0.122. The molecule has 0 unspecified atom stereocenters. The van der Waals surface area contributed by atoms with Crippen molar-refractivity contribution < 1.29 is 9.47 Å². The molecule has 2 heterocycles. The van der Waals surface area contributed by atoms with Gasteiger partial charge in [0.2, 0.25) is 0 Å². The maximum Gasteiger partial charge on any atom is 0.149 e. The third-order valence-electron chi connectivity index (χ3n) is 4.91. The molecule has 1 aliphatic carbocycles. The number of hydrogen-bond donors (Lipinski definition) is 1. The molecule has 0 amide bonds. The molecule has 1 saturated heterocycles. The van der Waals surface area contributed by atoms with Crippen LogP contribution in [0, 0.1) is 0 Å². The molecule has 128 valence electrons. The van der Waals surface area contributed by atoms with E-state index in [4.69, 9.17) is 15.2 Å². The first-order valence-electron chi connectivity index (χ1n) is 8.79. The Morgan fingerprint density at radius 3 is 2.58 bits per heavy atom. The summed E-state index contributed by atoms with van der Waals surface area (Å²) in [4.78, 5) is 11.3. The maximum atomic E-state index is 6.33. The zero-order valence-electron chi connectivity index (χ0n) is 13.9. The van der Waals surface area contributed by atoms with Crippen molar-refractivity contribution in [3.63, 3.8) is 0 Å². The number of aromatic nitrogens is 2. The number of rotatable bonds is 3. The van der Waals surface area contributed by atoms with Crippen LogP contribution in [0.2, 0.25) is 0 Å². The minimum atomic E-state index is 0.218. The van der Waals surface area contributed by atoms with Gasteiger partial charge in [-0.1, -0.05) is 0 Å². The van der Waals surface area contributed by atoms with Gasteiger partial charge in [0.15, 0.2) is 0 Å². The van der Waals surface area contributed by atoms with E-state index >= 15 is 0 Å². The van der Waals surface area contributed by atoms with E-state index in [1.54, 1.807) is 12.4 Å². The van der Waals surface area contributed by atoms with Crippen molar-refractivity contribution in [3.05, 3.63) is 24.5 Å². The fourth-order valence-electron chi connectivity index (χ4n) is 3.51. The molecule has 2 fully saturated rings. The van der Waals surface area contributed by atoms with E-state index in [9.17, 15) is 0 Å². The molecule has 0 radical (unpaired) electrons. The normalized spacial score (nSPS) is 25.0. The van der Waals surface area contributed by atoms with Crippen LogP contribution < -0.4 is 15.4 Å². The number of benzene rings is 1. The van der Waals surface area contributed by atoms with Crippen LogP contribution in [-0.4, -0.2) is 48.4 Å². The topological polar surface area (TPSA) is 73.5 Å². The van der Waals surface area contributed by atoms with E-state index < -0.39 is 0 Å². The Hall–Kier alpha value is -1.92. The van der Waals surface area contributed by atoms with Crippen LogP contribution in [0.1, 0.15) is 25.7 Å². The molecular weight excluding hydrogens is 304 g/mol. The van der Waals surface area contributed by atoms with Gasteiger partial charge >= 0.3 is 0 Å². The van der Waals surface area contributed by atoms with Crippen molar-refractivity contribution in [2.24, 2.45) is 5.73 Å². The molecule has 2 N–H and O–H groups in total. The molecular formula is C18H24N4O2. The second-order valence-electron chi connectivity index (χ2n) is 6.62. The fraction of sp³-hybridized carbons (Fsp3) is 0.556. The standard InChI is InChI=1S/C18H24N4O2/c19-13-1-3-15(4-2-13)24-17-12-14(22-7-9-23-10-8-22)11-16-18(17)21-6-5-20-16/h5-6,11-13,15H,1-4,7-10,19H2. The molecule has 6 heteroatoms. The number of fused-ring (bicyclic) bond motifs is 1. The van der Waals surface area contributed by atoms with E-state index in [2.05, 4.69) is 27.0 Å². The van der Waals surface area contributed by atoms with Crippen molar-refractivity contribution >= 4 is 16.7 Å². The Balaban J connectivity index is 1.64. The second kappa shape index (κ2) is 6.91. The van der Waals surface area contributed by atoms with Crippen molar-refractivity contribution in [1.82, 2.24) is 9.97 Å². The molecule has 24 heavy (non-hydrogen) atoms. The van der Waals surface area contributed by atoms with Gasteiger partial charge in [-0.05, 0) is 31.7 Å². The second-order valence-corrected chi connectivity index (χ2v) is 6.62. The van der Waals surface area contributed by atoms with Crippen molar-refractivity contribution in [2.75, 3.05) is 31.2 Å². The third kappa shape index (κ3) is 3.30. The molecule has 1 aliphatic heterocycles. The van der Waals surface area contributed by atoms with Gasteiger partial charge in [0.05, 0.1) is 24.8 Å². The average molecular weight is 328 g/mol. The summed E-state index contributed by atoms with van der Waals surface area (Å²) in [7, 11) is 0. The van der Waals surface area contributed by atoms with Crippen LogP contribution in [-0.2, 0) is 4.74 Å². The third-order valence-corrected chi connectivity index (χ3v) is 4.91. The Kier molecular flexibility index (Phi) is 4.49. The lowest BCUT2D eigenvalue weighted by atomic mass is 9.94. The molecule has 4 rings (SSSR count). The lowest BCUT2D eigenvalue weighted by Gasteiger charge is -2.30. The highest BCUT2D eigenvalue weighted by Crippen LogP contribution is 2.32. The predicted molar refractivity (Wildman–Crippen MR) is 93.4 cm³/mol. The number of nitrogens with zero attached hydrogens (tertiary/aromatic N) is 3. The number of morpholine rings is 1. The van der Waals surface area contributed by atoms with Gasteiger partial charge in [0.1, 0.15) is 11.3 Å². The van der Waals surface area contributed by atoms with Crippen LogP contribution in [0.25, 0.3) is 11.0 Å². The number of hydrogen-bond acceptors (Lipinski definition) is 6. The van der Waals surface area contributed by atoms with Crippen LogP contribution in [0.5, 0.6) is 5.75 Å². The molecule has 0 spiro atoms. The summed E-state index contributed by atoms with van der Waals surface area (Å²) in [5.41, 5.74) is 8.86. The Morgan fingerprint density at radius 2 is 1.79 bits per heavy atom. The highest BCUT2D eigenvalue weighted by Gasteiger charge is 2.22. The molecule has 6 nitrogen and oxygen atoms in total. The van der Waals surface area contributed by atoms with Gasteiger partial charge in [0, 0.05) is 43.3 Å². The first-order chi connectivity index (χ1) is 11.8. The number of anilines is 1. The SMILES string of the molecule is NC1CCC(Oc2cc(N3CCOCC3)cc3nccnc23)CC1. The van der Waals surface area contributed by atoms with Crippen LogP contribution in [0.4, 0.5) is 5.69 Å². The first kappa shape index (κ1) is 15.6. The van der Waals surface area contributed by atoms with Gasteiger partial charge < -0.3 is 20.1 Å². The molecule has 1 aromatic carbocycles. The number of nitrogens with two attached hydrogens (primary N) is 1. The summed E-state index contributed by atoms with van der Waals surface area (Å²) >= 11 is 0. The molecule has 1 saturated carbocycles. The molecule has 2 aliphatic rings. The van der Waals surface area contributed by atoms with Crippen LogP contribution >= 0.6 is 0 Å². The smallest absolute Gasteiger partial charge is 0.149 e. The van der Waals surface area contributed by atoms with Crippen molar-refractivity contribution in [1.29, 1.82) is 0 Å². The monoisotopic (exact) mass is 328 g/mol. The van der Waals surface area contributed by atoms with Gasteiger partial charge in [-0.3, -0.25) is 4.98 Å². The summed E-state index contributed by atoms with van der Waals surface area (Å²) in [6.45, 7) is 3.30. The summed E-state index contributed by atoms with van der Waals surface area (Å²) in [5.74, 6) is 0.836. The molecule has 0 atom stereocenters. The van der Waals surface area contributed by atoms with E-state index in [0.29, 0.717) is 6.04 Å². The van der Waals surface area contributed by atoms with Gasteiger partial charge in [-0.2, -0.15) is 0 Å². The first-order valence-corrected chi connectivity index (χ1v) is 8.79. The van der Waals surface area contributed by atoms with Crippen molar-refractivity contribution in [2.45, 2.75) is 37.8 Å². The Bertz CT molecular complexity index is 694. The zero-order chi connectivity index (χ0) is 16.4. The minimum Gasteiger partial charge on any atom is -0.488 e. The Morgan fingerprint density at radius 1 is 1.04 bits per heavy atom. The van der Waals surface area contributed by atoms with Crippen LogP contribution in [0.15, 0.2) is 24.5 Å². The summed E-state index contributed by atoms with van der Waals surface area (Å²) < 4.78 is 11.8. The minimum absolute atomic E-state index is 0.218. The van der Waals surface area contributed by atoms with Gasteiger partial charge in [-0.15, -0.1) is 0 Å².